The lowest BCUT2D eigenvalue weighted by molar-refractivity contribution is -0.122. The van der Waals surface area contributed by atoms with E-state index >= 15 is 0 Å². The minimum Gasteiger partial charge on any atom is -0.350 e. The Labute approximate surface area is 130 Å². The van der Waals surface area contributed by atoms with E-state index in [-0.39, 0.29) is 28.9 Å². The molecule has 0 fully saturated rings. The number of carbonyl (C=O) groups is 2. The maximum absolute atomic E-state index is 12.1. The summed E-state index contributed by atoms with van der Waals surface area (Å²) in [6, 6.07) is 7.05. The topological polar surface area (TPSA) is 70.2 Å². The maximum Gasteiger partial charge on any atom is 0.253 e. The standard InChI is InChI=1S/C15H21N3O2S/c1-9(2)13(19)18-15(21)17-12-8-6-5-7-11(12)14(20)16-10(3)4/h5-10H,1-4H3,(H,16,20)(H2,17,18,19,21). The number of para-hydroxylation sites is 1. The first-order chi connectivity index (χ1) is 9.81. The SMILES string of the molecule is CC(C)NC(=O)c1ccccc1NC(=S)NC(=O)C(C)C. The summed E-state index contributed by atoms with van der Waals surface area (Å²) < 4.78 is 0. The fourth-order valence-corrected chi connectivity index (χ4v) is 1.75. The third-order valence-corrected chi connectivity index (χ3v) is 2.80. The highest BCUT2D eigenvalue weighted by Gasteiger charge is 2.14. The maximum atomic E-state index is 12.1. The predicted molar refractivity (Wildman–Crippen MR) is 88.2 cm³/mol. The molecule has 0 aliphatic rings. The Morgan fingerprint density at radius 1 is 1.10 bits per heavy atom. The summed E-state index contributed by atoms with van der Waals surface area (Å²) in [4.78, 5) is 23.7. The number of amides is 2. The Balaban J connectivity index is 2.82. The summed E-state index contributed by atoms with van der Waals surface area (Å²) in [5.41, 5.74) is 1.04. The first-order valence-electron chi connectivity index (χ1n) is 6.83. The van der Waals surface area contributed by atoms with Crippen LogP contribution in [0.4, 0.5) is 5.69 Å². The number of carbonyl (C=O) groups excluding carboxylic acids is 2. The lowest BCUT2D eigenvalue weighted by atomic mass is 10.1. The zero-order valence-electron chi connectivity index (χ0n) is 12.7. The predicted octanol–water partition coefficient (Wildman–Crippen LogP) is 2.29. The van der Waals surface area contributed by atoms with Gasteiger partial charge in [0.1, 0.15) is 0 Å². The summed E-state index contributed by atoms with van der Waals surface area (Å²) in [6.07, 6.45) is 0. The van der Waals surface area contributed by atoms with Gasteiger partial charge in [0, 0.05) is 12.0 Å². The van der Waals surface area contributed by atoms with Crippen molar-refractivity contribution in [3.63, 3.8) is 0 Å². The highest BCUT2D eigenvalue weighted by molar-refractivity contribution is 7.80. The van der Waals surface area contributed by atoms with Crippen LogP contribution >= 0.6 is 12.2 Å². The van der Waals surface area contributed by atoms with E-state index < -0.39 is 0 Å². The molecule has 114 valence electrons. The summed E-state index contributed by atoms with van der Waals surface area (Å²) >= 11 is 5.09. The van der Waals surface area contributed by atoms with Crippen molar-refractivity contribution in [2.45, 2.75) is 33.7 Å². The minimum absolute atomic E-state index is 0.0400. The molecule has 2 amide bonds. The second kappa shape index (κ2) is 7.73. The quantitative estimate of drug-likeness (QED) is 0.747. The average Bonchev–Trinajstić information content (AvgIpc) is 2.38. The van der Waals surface area contributed by atoms with E-state index in [0.717, 1.165) is 0 Å². The average molecular weight is 307 g/mol. The molecule has 0 radical (unpaired) electrons. The van der Waals surface area contributed by atoms with Crippen LogP contribution in [0.25, 0.3) is 0 Å². The Hall–Kier alpha value is -1.95. The Morgan fingerprint density at radius 2 is 1.71 bits per heavy atom. The van der Waals surface area contributed by atoms with Crippen molar-refractivity contribution < 1.29 is 9.59 Å². The minimum atomic E-state index is -0.189. The molecule has 0 unspecified atom stereocenters. The number of benzene rings is 1. The fraction of sp³-hybridized carbons (Fsp3) is 0.400. The largest absolute Gasteiger partial charge is 0.350 e. The third kappa shape index (κ3) is 5.51. The number of hydrogen-bond donors (Lipinski definition) is 3. The highest BCUT2D eigenvalue weighted by Crippen LogP contribution is 2.15. The van der Waals surface area contributed by atoms with E-state index in [9.17, 15) is 9.59 Å². The normalized spacial score (nSPS) is 10.4. The number of nitrogens with one attached hydrogen (secondary N) is 3. The van der Waals surface area contributed by atoms with Crippen LogP contribution in [0.1, 0.15) is 38.1 Å². The highest BCUT2D eigenvalue weighted by atomic mass is 32.1. The van der Waals surface area contributed by atoms with Crippen molar-refractivity contribution in [2.24, 2.45) is 5.92 Å². The summed E-state index contributed by atoms with van der Waals surface area (Å²) in [5, 5.41) is 8.47. The van der Waals surface area contributed by atoms with Crippen LogP contribution in [0, 0.1) is 5.92 Å². The van der Waals surface area contributed by atoms with Crippen LogP contribution in [0.3, 0.4) is 0 Å². The molecular weight excluding hydrogens is 286 g/mol. The van der Waals surface area contributed by atoms with Gasteiger partial charge in [-0.15, -0.1) is 0 Å². The van der Waals surface area contributed by atoms with Gasteiger partial charge in [0.15, 0.2) is 5.11 Å². The molecule has 0 aliphatic heterocycles. The molecule has 0 saturated carbocycles. The van der Waals surface area contributed by atoms with Crippen LogP contribution < -0.4 is 16.0 Å². The van der Waals surface area contributed by atoms with E-state index in [1.807, 2.05) is 13.8 Å². The summed E-state index contributed by atoms with van der Waals surface area (Å²) in [5.74, 6) is -0.521. The summed E-state index contributed by atoms with van der Waals surface area (Å²) in [6.45, 7) is 7.34. The van der Waals surface area contributed by atoms with Gasteiger partial charge < -0.3 is 16.0 Å². The molecule has 1 rings (SSSR count). The van der Waals surface area contributed by atoms with Crippen LogP contribution in [0.5, 0.6) is 0 Å². The van der Waals surface area contributed by atoms with Crippen LogP contribution in [-0.2, 0) is 4.79 Å². The van der Waals surface area contributed by atoms with Gasteiger partial charge >= 0.3 is 0 Å². The molecular formula is C15H21N3O2S. The van der Waals surface area contributed by atoms with Crippen molar-refractivity contribution in [3.8, 4) is 0 Å². The molecule has 0 spiro atoms. The Morgan fingerprint density at radius 3 is 2.29 bits per heavy atom. The van der Waals surface area contributed by atoms with Crippen LogP contribution in [-0.4, -0.2) is 23.0 Å². The molecule has 0 aromatic heterocycles. The van der Waals surface area contributed by atoms with E-state index in [4.69, 9.17) is 12.2 Å². The first kappa shape index (κ1) is 17.1. The van der Waals surface area contributed by atoms with Gasteiger partial charge in [-0.3, -0.25) is 9.59 Å². The zero-order chi connectivity index (χ0) is 16.0. The molecule has 0 aliphatic carbocycles. The molecule has 6 heteroatoms. The summed E-state index contributed by atoms with van der Waals surface area (Å²) in [7, 11) is 0. The molecule has 5 nitrogen and oxygen atoms in total. The van der Waals surface area contributed by atoms with E-state index in [2.05, 4.69) is 16.0 Å². The van der Waals surface area contributed by atoms with Crippen molar-refractivity contribution in [1.29, 1.82) is 0 Å². The van der Waals surface area contributed by atoms with E-state index in [1.165, 1.54) is 0 Å². The van der Waals surface area contributed by atoms with Gasteiger partial charge in [0.2, 0.25) is 5.91 Å². The molecule has 0 heterocycles. The van der Waals surface area contributed by atoms with E-state index in [1.54, 1.807) is 38.1 Å². The van der Waals surface area contributed by atoms with Gasteiger partial charge in [0.05, 0.1) is 11.3 Å². The molecule has 1 aromatic rings. The number of rotatable bonds is 4. The number of anilines is 1. The van der Waals surface area contributed by atoms with Crippen molar-refractivity contribution >= 4 is 34.8 Å². The molecule has 0 atom stereocenters. The Bertz CT molecular complexity index is 541. The molecule has 0 bridgehead atoms. The monoisotopic (exact) mass is 307 g/mol. The zero-order valence-corrected chi connectivity index (χ0v) is 13.5. The van der Waals surface area contributed by atoms with Gasteiger partial charge in [-0.1, -0.05) is 26.0 Å². The molecule has 21 heavy (non-hydrogen) atoms. The molecule has 0 saturated heterocycles. The van der Waals surface area contributed by atoms with Gasteiger partial charge in [-0.25, -0.2) is 0 Å². The Kier molecular flexibility index (Phi) is 6.30. The van der Waals surface area contributed by atoms with Crippen molar-refractivity contribution in [3.05, 3.63) is 29.8 Å². The fourth-order valence-electron chi connectivity index (χ4n) is 1.54. The van der Waals surface area contributed by atoms with Crippen molar-refractivity contribution in [2.75, 3.05) is 5.32 Å². The second-order valence-electron chi connectivity index (χ2n) is 5.27. The van der Waals surface area contributed by atoms with Crippen LogP contribution in [0.2, 0.25) is 0 Å². The lowest BCUT2D eigenvalue weighted by Crippen LogP contribution is -2.37. The second-order valence-corrected chi connectivity index (χ2v) is 5.68. The number of thiocarbonyl (C=S) groups is 1. The molecule has 3 N–H and O–H groups in total. The van der Waals surface area contributed by atoms with Gasteiger partial charge in [-0.05, 0) is 38.2 Å². The van der Waals surface area contributed by atoms with E-state index in [0.29, 0.717) is 11.3 Å². The first-order valence-corrected chi connectivity index (χ1v) is 7.23. The smallest absolute Gasteiger partial charge is 0.253 e. The lowest BCUT2D eigenvalue weighted by Gasteiger charge is -2.15. The van der Waals surface area contributed by atoms with Crippen LogP contribution in [0.15, 0.2) is 24.3 Å². The van der Waals surface area contributed by atoms with Gasteiger partial charge in [-0.2, -0.15) is 0 Å². The number of hydrogen-bond acceptors (Lipinski definition) is 3. The van der Waals surface area contributed by atoms with Crippen molar-refractivity contribution in [1.82, 2.24) is 10.6 Å². The molecule has 1 aromatic carbocycles. The van der Waals surface area contributed by atoms with Gasteiger partial charge in [0.25, 0.3) is 5.91 Å². The third-order valence-electron chi connectivity index (χ3n) is 2.60.